The molecular weight excluding hydrogens is 471 g/mol. The molecule has 0 saturated heterocycles. The lowest BCUT2D eigenvalue weighted by Gasteiger charge is -2.30. The van der Waals surface area contributed by atoms with Crippen LogP contribution in [0.2, 0.25) is 0 Å². The van der Waals surface area contributed by atoms with Gasteiger partial charge in [-0.15, -0.1) is 0 Å². The molecule has 0 fully saturated rings. The van der Waals surface area contributed by atoms with E-state index in [2.05, 4.69) is 4.98 Å². The van der Waals surface area contributed by atoms with E-state index in [0.717, 1.165) is 28.6 Å². The van der Waals surface area contributed by atoms with Crippen LogP contribution in [0, 0.1) is 0 Å². The Balaban J connectivity index is 1.58. The van der Waals surface area contributed by atoms with Crippen molar-refractivity contribution in [2.24, 2.45) is 0 Å². The first kappa shape index (κ1) is 23.9. The number of benzene rings is 3. The van der Waals surface area contributed by atoms with E-state index in [4.69, 9.17) is 14.2 Å². The average molecular weight is 495 g/mol. The van der Waals surface area contributed by atoms with Crippen LogP contribution in [0.3, 0.4) is 0 Å². The lowest BCUT2D eigenvalue weighted by Crippen LogP contribution is -2.18. The van der Waals surface area contributed by atoms with Crippen molar-refractivity contribution in [3.05, 3.63) is 83.6 Å². The Morgan fingerprint density at radius 1 is 1.03 bits per heavy atom. The minimum absolute atomic E-state index is 0.0576. The van der Waals surface area contributed by atoms with Crippen LogP contribution in [-0.2, 0) is 10.9 Å². The number of phenolic OH excluding ortho intramolecular Hbond substituents is 1. The van der Waals surface area contributed by atoms with Crippen molar-refractivity contribution in [2.75, 3.05) is 13.2 Å². The number of hydrogen-bond acceptors (Lipinski definition) is 5. The van der Waals surface area contributed by atoms with Gasteiger partial charge < -0.3 is 19.3 Å². The summed E-state index contributed by atoms with van der Waals surface area (Å²) in [6.45, 7) is 4.83. The summed E-state index contributed by atoms with van der Waals surface area (Å²) in [5.41, 5.74) is 2.49. The Hall–Kier alpha value is -3.78. The van der Waals surface area contributed by atoms with Crippen LogP contribution in [0.5, 0.6) is 17.2 Å². The topological polar surface area (TPSA) is 60.8 Å². The predicted molar refractivity (Wildman–Crippen MR) is 129 cm³/mol. The molecule has 1 aromatic heterocycles. The van der Waals surface area contributed by atoms with E-state index < -0.39 is 17.8 Å². The smallest absolute Gasteiger partial charge is 0.416 e. The molecule has 5 rings (SSSR count). The summed E-state index contributed by atoms with van der Waals surface area (Å²) in [6.07, 6.45) is -3.63. The van der Waals surface area contributed by atoms with Gasteiger partial charge in [0.2, 0.25) is 0 Å². The first-order chi connectivity index (χ1) is 17.2. The number of aromatic nitrogens is 1. The Morgan fingerprint density at radius 2 is 1.81 bits per heavy atom. The highest BCUT2D eigenvalue weighted by Gasteiger charge is 2.35. The minimum Gasteiger partial charge on any atom is -0.508 e. The number of halogens is 3. The van der Waals surface area contributed by atoms with Crippen molar-refractivity contribution in [3.8, 4) is 28.4 Å². The van der Waals surface area contributed by atoms with E-state index in [0.29, 0.717) is 35.6 Å². The summed E-state index contributed by atoms with van der Waals surface area (Å²) in [5.74, 6) is 0.847. The molecule has 0 aliphatic carbocycles. The molecule has 1 aliphatic heterocycles. The molecule has 186 valence electrons. The number of phenols is 1. The maximum Gasteiger partial charge on any atom is 0.416 e. The first-order valence-electron chi connectivity index (χ1n) is 11.6. The molecule has 1 aliphatic rings. The van der Waals surface area contributed by atoms with Crippen molar-refractivity contribution in [1.82, 2.24) is 4.98 Å². The van der Waals surface area contributed by atoms with E-state index in [1.54, 1.807) is 36.5 Å². The Morgan fingerprint density at radius 3 is 2.53 bits per heavy atom. The minimum atomic E-state index is -4.50. The maximum absolute atomic E-state index is 13.4. The van der Waals surface area contributed by atoms with E-state index >= 15 is 0 Å². The monoisotopic (exact) mass is 495 g/mol. The van der Waals surface area contributed by atoms with Gasteiger partial charge in [-0.25, -0.2) is 0 Å². The van der Waals surface area contributed by atoms with Gasteiger partial charge in [0.05, 0.1) is 17.2 Å². The van der Waals surface area contributed by atoms with Gasteiger partial charge in [-0.1, -0.05) is 12.1 Å². The summed E-state index contributed by atoms with van der Waals surface area (Å²) in [6, 6.07) is 15.6. The predicted octanol–water partition coefficient (Wildman–Crippen LogP) is 6.91. The fourth-order valence-corrected chi connectivity index (χ4v) is 4.42. The molecule has 2 atom stereocenters. The lowest BCUT2D eigenvalue weighted by molar-refractivity contribution is -0.137. The van der Waals surface area contributed by atoms with Crippen LogP contribution >= 0.6 is 0 Å². The highest BCUT2D eigenvalue weighted by molar-refractivity contribution is 5.92. The normalized spacial score (nSPS) is 15.6. The molecule has 2 heterocycles. The fourth-order valence-electron chi connectivity index (χ4n) is 4.42. The van der Waals surface area contributed by atoms with E-state index in [1.165, 1.54) is 6.07 Å². The molecule has 0 saturated carbocycles. The van der Waals surface area contributed by atoms with E-state index in [9.17, 15) is 18.3 Å². The zero-order valence-electron chi connectivity index (χ0n) is 19.7. The molecule has 1 N–H and O–H groups in total. The molecule has 1 unspecified atom stereocenters. The zero-order chi connectivity index (χ0) is 25.4. The summed E-state index contributed by atoms with van der Waals surface area (Å²) in [4.78, 5) is 4.45. The number of nitrogens with zero attached hydrogens (tertiary/aromatic N) is 1. The Kier molecular flexibility index (Phi) is 6.22. The van der Waals surface area contributed by atoms with Crippen LogP contribution < -0.4 is 9.47 Å². The molecule has 5 nitrogen and oxygen atoms in total. The molecule has 36 heavy (non-hydrogen) atoms. The van der Waals surface area contributed by atoms with E-state index in [1.807, 2.05) is 26.0 Å². The summed E-state index contributed by atoms with van der Waals surface area (Å²) < 4.78 is 57.8. The first-order valence-corrected chi connectivity index (χ1v) is 11.6. The van der Waals surface area contributed by atoms with Crippen LogP contribution in [0.15, 0.2) is 66.9 Å². The molecule has 4 aromatic rings. The summed E-state index contributed by atoms with van der Waals surface area (Å²) >= 11 is 0. The second-order valence-corrected chi connectivity index (χ2v) is 8.64. The molecule has 8 heteroatoms. The number of pyridine rings is 1. The quantitative estimate of drug-likeness (QED) is 0.315. The zero-order valence-corrected chi connectivity index (χ0v) is 19.7. The molecule has 0 bridgehead atoms. The Labute approximate surface area is 206 Å². The molecule has 0 spiro atoms. The van der Waals surface area contributed by atoms with Crippen molar-refractivity contribution in [3.63, 3.8) is 0 Å². The van der Waals surface area contributed by atoms with Gasteiger partial charge in [0.15, 0.2) is 6.10 Å². The number of fused-ring (bicyclic) bond motifs is 5. The SMILES string of the molecule is CCOC(C)COc1ccc([C@H]2Oc3cc(C(F)(F)F)ccc3-c3cnc4cc(O)ccc4c32)cc1. The van der Waals surface area contributed by atoms with Crippen molar-refractivity contribution in [1.29, 1.82) is 0 Å². The number of aromatic hydroxyl groups is 1. The lowest BCUT2D eigenvalue weighted by atomic mass is 9.87. The van der Waals surface area contributed by atoms with E-state index in [-0.39, 0.29) is 17.6 Å². The summed E-state index contributed by atoms with van der Waals surface area (Å²) in [7, 11) is 0. The number of hydrogen-bond donors (Lipinski definition) is 1. The van der Waals surface area contributed by atoms with Gasteiger partial charge in [0.25, 0.3) is 0 Å². The molecule has 0 radical (unpaired) electrons. The molecule has 0 amide bonds. The highest BCUT2D eigenvalue weighted by atomic mass is 19.4. The Bertz CT molecular complexity index is 1400. The third-order valence-electron chi connectivity index (χ3n) is 6.12. The molecule has 3 aromatic carbocycles. The van der Waals surface area contributed by atoms with Crippen molar-refractivity contribution in [2.45, 2.75) is 32.2 Å². The summed E-state index contributed by atoms with van der Waals surface area (Å²) in [5, 5.41) is 10.7. The third-order valence-corrected chi connectivity index (χ3v) is 6.12. The van der Waals surface area contributed by atoms with Gasteiger partial charge >= 0.3 is 6.18 Å². The number of ether oxygens (including phenoxy) is 3. The molecular formula is C28H24F3NO4. The van der Waals surface area contributed by atoms with Crippen molar-refractivity contribution < 1.29 is 32.5 Å². The van der Waals surface area contributed by atoms with Crippen LogP contribution in [-0.4, -0.2) is 29.4 Å². The second kappa shape index (κ2) is 9.35. The second-order valence-electron chi connectivity index (χ2n) is 8.64. The highest BCUT2D eigenvalue weighted by Crippen LogP contribution is 2.48. The van der Waals surface area contributed by atoms with Gasteiger partial charge in [-0.2, -0.15) is 13.2 Å². The van der Waals surface area contributed by atoms with Crippen LogP contribution in [0.25, 0.3) is 22.0 Å². The van der Waals surface area contributed by atoms with Gasteiger partial charge in [-0.3, -0.25) is 4.98 Å². The number of alkyl halides is 3. The largest absolute Gasteiger partial charge is 0.508 e. The fraction of sp³-hybridized carbons (Fsp3) is 0.250. The van der Waals surface area contributed by atoms with Gasteiger partial charge in [-0.05, 0) is 61.9 Å². The maximum atomic E-state index is 13.4. The number of rotatable bonds is 6. The van der Waals surface area contributed by atoms with Gasteiger partial charge in [0.1, 0.15) is 23.9 Å². The van der Waals surface area contributed by atoms with Crippen LogP contribution in [0.4, 0.5) is 13.2 Å². The third kappa shape index (κ3) is 4.56. The van der Waals surface area contributed by atoms with Gasteiger partial charge in [0, 0.05) is 40.9 Å². The average Bonchev–Trinajstić information content (AvgIpc) is 2.86. The van der Waals surface area contributed by atoms with Crippen molar-refractivity contribution >= 4 is 10.9 Å². The van der Waals surface area contributed by atoms with Crippen LogP contribution in [0.1, 0.15) is 36.6 Å². The standard InChI is InChI=1S/C28H24F3NO4/c1-3-34-16(2)15-35-20-8-4-17(5-9-20)27-26-22-11-7-19(33)13-24(22)32-14-23(26)21-10-6-18(28(29,30)31)12-25(21)36-27/h4-14,16,27,33H,3,15H2,1-2H3/t16?,27-/m1/s1.